The molecule has 0 saturated carbocycles. The largest absolute Gasteiger partial charge is 0.497 e. The molecule has 0 fully saturated rings. The van der Waals surface area contributed by atoms with E-state index in [1.165, 1.54) is 19.5 Å². The van der Waals surface area contributed by atoms with E-state index in [9.17, 15) is 4.79 Å². The summed E-state index contributed by atoms with van der Waals surface area (Å²) in [6, 6.07) is 8.95. The van der Waals surface area contributed by atoms with E-state index in [4.69, 9.17) is 9.47 Å². The molecule has 2 rings (SSSR count). The van der Waals surface area contributed by atoms with Crippen molar-refractivity contribution in [3.05, 3.63) is 47.9 Å². The van der Waals surface area contributed by atoms with Crippen LogP contribution in [0, 0.1) is 0 Å². The Bertz CT molecular complexity index is 584. The summed E-state index contributed by atoms with van der Waals surface area (Å²) in [4.78, 5) is 19.7. The fraction of sp³-hybridized carbons (Fsp3) is 0.214. The van der Waals surface area contributed by atoms with Crippen LogP contribution in [-0.4, -0.2) is 30.1 Å². The van der Waals surface area contributed by atoms with E-state index < -0.39 is 0 Å². The molecule has 1 aromatic heterocycles. The summed E-state index contributed by atoms with van der Waals surface area (Å²) in [5.41, 5.74) is 1.24. The number of amides is 1. The third kappa shape index (κ3) is 3.44. The van der Waals surface area contributed by atoms with Gasteiger partial charge in [0.05, 0.1) is 14.2 Å². The highest BCUT2D eigenvalue weighted by Crippen LogP contribution is 2.11. The predicted molar refractivity (Wildman–Crippen MR) is 72.7 cm³/mol. The van der Waals surface area contributed by atoms with Gasteiger partial charge in [0.15, 0.2) is 0 Å². The first-order valence-corrected chi connectivity index (χ1v) is 6.00. The molecule has 1 amide bonds. The van der Waals surface area contributed by atoms with Gasteiger partial charge in [-0.15, -0.1) is 0 Å². The van der Waals surface area contributed by atoms with E-state index in [1.807, 2.05) is 24.3 Å². The monoisotopic (exact) mass is 273 g/mol. The van der Waals surface area contributed by atoms with Gasteiger partial charge in [0, 0.05) is 12.6 Å². The van der Waals surface area contributed by atoms with E-state index in [1.54, 1.807) is 7.11 Å². The van der Waals surface area contributed by atoms with E-state index in [-0.39, 0.29) is 11.6 Å². The number of benzene rings is 1. The minimum atomic E-state index is -0.276. The molecule has 6 nitrogen and oxygen atoms in total. The van der Waals surface area contributed by atoms with Crippen molar-refractivity contribution < 1.29 is 14.3 Å². The van der Waals surface area contributed by atoms with Crippen molar-refractivity contribution in [2.75, 3.05) is 14.2 Å². The van der Waals surface area contributed by atoms with Crippen LogP contribution in [0.25, 0.3) is 0 Å². The van der Waals surface area contributed by atoms with Gasteiger partial charge in [0.1, 0.15) is 17.8 Å². The van der Waals surface area contributed by atoms with Gasteiger partial charge in [-0.25, -0.2) is 9.97 Å². The molecule has 1 heterocycles. The maximum absolute atomic E-state index is 11.9. The second kappa shape index (κ2) is 6.51. The van der Waals surface area contributed by atoms with E-state index in [2.05, 4.69) is 15.3 Å². The van der Waals surface area contributed by atoms with Crippen LogP contribution in [0.4, 0.5) is 0 Å². The molecule has 0 unspecified atom stereocenters. The number of methoxy groups -OCH3 is 2. The second-order valence-electron chi connectivity index (χ2n) is 3.98. The minimum absolute atomic E-state index is 0.269. The van der Waals surface area contributed by atoms with E-state index >= 15 is 0 Å². The summed E-state index contributed by atoms with van der Waals surface area (Å²) in [7, 11) is 3.10. The normalized spacial score (nSPS) is 9.90. The maximum atomic E-state index is 11.9. The van der Waals surface area contributed by atoms with Crippen molar-refractivity contribution in [3.63, 3.8) is 0 Å². The number of nitrogens with one attached hydrogen (secondary N) is 1. The lowest BCUT2D eigenvalue weighted by atomic mass is 10.2. The molecule has 104 valence electrons. The Balaban J connectivity index is 1.97. The summed E-state index contributed by atoms with van der Waals surface area (Å²) in [6.45, 7) is 0.412. The summed E-state index contributed by atoms with van der Waals surface area (Å²) in [6.07, 6.45) is 1.29. The van der Waals surface area contributed by atoms with Crippen LogP contribution < -0.4 is 14.8 Å². The first-order valence-electron chi connectivity index (χ1n) is 6.00. The molecule has 0 aliphatic carbocycles. The van der Waals surface area contributed by atoms with Crippen LogP contribution in [0.5, 0.6) is 11.6 Å². The Morgan fingerprint density at radius 3 is 2.55 bits per heavy atom. The SMILES string of the molecule is COc1ccc(CNC(=O)c2cc(OC)ncn2)cc1. The number of carbonyl (C=O) groups is 1. The van der Waals surface area contributed by atoms with Crippen LogP contribution in [0.2, 0.25) is 0 Å². The molecule has 1 N–H and O–H groups in total. The van der Waals surface area contributed by atoms with E-state index in [0.717, 1.165) is 11.3 Å². The molecule has 6 heteroatoms. The van der Waals surface area contributed by atoms with Gasteiger partial charge in [-0.1, -0.05) is 12.1 Å². The Hall–Kier alpha value is -2.63. The minimum Gasteiger partial charge on any atom is -0.497 e. The number of hydrogen-bond donors (Lipinski definition) is 1. The highest BCUT2D eigenvalue weighted by molar-refractivity contribution is 5.92. The fourth-order valence-electron chi connectivity index (χ4n) is 1.59. The molecule has 0 radical (unpaired) electrons. The first kappa shape index (κ1) is 13.8. The average Bonchev–Trinajstić information content (AvgIpc) is 2.53. The number of carbonyl (C=O) groups excluding carboxylic acids is 1. The van der Waals surface area contributed by atoms with Gasteiger partial charge in [0.25, 0.3) is 5.91 Å². The lowest BCUT2D eigenvalue weighted by Gasteiger charge is -2.06. The molecule has 1 aromatic carbocycles. The summed E-state index contributed by atoms with van der Waals surface area (Å²) < 4.78 is 10.0. The number of hydrogen-bond acceptors (Lipinski definition) is 5. The Morgan fingerprint density at radius 2 is 1.90 bits per heavy atom. The quantitative estimate of drug-likeness (QED) is 0.892. The number of nitrogens with zero attached hydrogens (tertiary/aromatic N) is 2. The smallest absolute Gasteiger partial charge is 0.270 e. The van der Waals surface area contributed by atoms with Crippen molar-refractivity contribution in [1.82, 2.24) is 15.3 Å². The van der Waals surface area contributed by atoms with Crippen LogP contribution >= 0.6 is 0 Å². The van der Waals surface area contributed by atoms with Gasteiger partial charge >= 0.3 is 0 Å². The first-order chi connectivity index (χ1) is 9.72. The molecule has 0 aliphatic heterocycles. The number of aromatic nitrogens is 2. The van der Waals surface area contributed by atoms with Crippen molar-refractivity contribution in [2.45, 2.75) is 6.54 Å². The van der Waals surface area contributed by atoms with Crippen molar-refractivity contribution in [1.29, 1.82) is 0 Å². The Kier molecular flexibility index (Phi) is 4.49. The van der Waals surface area contributed by atoms with Gasteiger partial charge in [-0.3, -0.25) is 4.79 Å². The molecule has 0 bridgehead atoms. The number of ether oxygens (including phenoxy) is 2. The van der Waals surface area contributed by atoms with Gasteiger partial charge in [-0.2, -0.15) is 0 Å². The molecule has 0 spiro atoms. The Morgan fingerprint density at radius 1 is 1.15 bits per heavy atom. The van der Waals surface area contributed by atoms with Gasteiger partial charge in [0.2, 0.25) is 5.88 Å². The van der Waals surface area contributed by atoms with Crippen molar-refractivity contribution in [2.24, 2.45) is 0 Å². The van der Waals surface area contributed by atoms with E-state index in [0.29, 0.717) is 12.4 Å². The second-order valence-corrected chi connectivity index (χ2v) is 3.98. The molecule has 2 aromatic rings. The average molecular weight is 273 g/mol. The summed E-state index contributed by atoms with van der Waals surface area (Å²) in [5, 5.41) is 2.78. The topological polar surface area (TPSA) is 73.3 Å². The maximum Gasteiger partial charge on any atom is 0.270 e. The van der Waals surface area contributed by atoms with Crippen LogP contribution in [0.15, 0.2) is 36.7 Å². The lowest BCUT2D eigenvalue weighted by Crippen LogP contribution is -2.23. The fourth-order valence-corrected chi connectivity index (χ4v) is 1.59. The van der Waals surface area contributed by atoms with Crippen LogP contribution in [0.1, 0.15) is 16.1 Å². The van der Waals surface area contributed by atoms with Crippen molar-refractivity contribution in [3.8, 4) is 11.6 Å². The highest BCUT2D eigenvalue weighted by atomic mass is 16.5. The zero-order valence-electron chi connectivity index (χ0n) is 11.3. The molecule has 0 aliphatic rings. The zero-order valence-corrected chi connectivity index (χ0v) is 11.3. The van der Waals surface area contributed by atoms with Crippen molar-refractivity contribution >= 4 is 5.91 Å². The van der Waals surface area contributed by atoms with Gasteiger partial charge in [-0.05, 0) is 17.7 Å². The molecule has 0 atom stereocenters. The van der Waals surface area contributed by atoms with Crippen LogP contribution in [0.3, 0.4) is 0 Å². The zero-order chi connectivity index (χ0) is 14.4. The van der Waals surface area contributed by atoms with Crippen LogP contribution in [-0.2, 0) is 6.54 Å². The third-order valence-corrected chi connectivity index (χ3v) is 2.70. The van der Waals surface area contributed by atoms with Gasteiger partial charge < -0.3 is 14.8 Å². The standard InChI is InChI=1S/C14H15N3O3/c1-19-11-5-3-10(4-6-11)8-15-14(18)12-7-13(20-2)17-9-16-12/h3-7,9H,8H2,1-2H3,(H,15,18). The summed E-state index contributed by atoms with van der Waals surface area (Å²) in [5.74, 6) is 0.858. The molecule has 0 saturated heterocycles. The molecule has 20 heavy (non-hydrogen) atoms. The molecular formula is C14H15N3O3. The number of rotatable bonds is 5. The lowest BCUT2D eigenvalue weighted by molar-refractivity contribution is 0.0945. The Labute approximate surface area is 116 Å². The third-order valence-electron chi connectivity index (χ3n) is 2.70. The summed E-state index contributed by atoms with van der Waals surface area (Å²) >= 11 is 0. The predicted octanol–water partition coefficient (Wildman–Crippen LogP) is 1.42. The molecular weight excluding hydrogens is 258 g/mol. The highest BCUT2D eigenvalue weighted by Gasteiger charge is 2.08.